The Hall–Kier alpha value is -2.79. The van der Waals surface area contributed by atoms with Gasteiger partial charge in [-0.3, -0.25) is 0 Å². The molecule has 1 aliphatic heterocycles. The summed E-state index contributed by atoms with van der Waals surface area (Å²) in [6, 6.07) is 25.1. The van der Waals surface area contributed by atoms with Crippen molar-refractivity contribution in [2.45, 2.75) is 12.3 Å². The minimum atomic E-state index is -0.227. The highest BCUT2D eigenvalue weighted by Crippen LogP contribution is 2.39. The largest absolute Gasteiger partial charge is 0.382 e. The van der Waals surface area contributed by atoms with E-state index in [2.05, 4.69) is 65.3 Å². The van der Waals surface area contributed by atoms with Crippen molar-refractivity contribution in [3.05, 3.63) is 89.5 Å². The number of halogens is 2. The van der Waals surface area contributed by atoms with Crippen LogP contribution in [0.4, 0.5) is 11.5 Å². The number of anilines is 2. The van der Waals surface area contributed by atoms with E-state index >= 15 is 0 Å². The summed E-state index contributed by atoms with van der Waals surface area (Å²) in [4.78, 5) is 6.93. The van der Waals surface area contributed by atoms with E-state index in [1.807, 2.05) is 24.3 Å². The van der Waals surface area contributed by atoms with Crippen molar-refractivity contribution in [1.29, 1.82) is 0 Å². The van der Waals surface area contributed by atoms with Gasteiger partial charge in [0.2, 0.25) is 0 Å². The zero-order valence-corrected chi connectivity index (χ0v) is 20.1. The number of fused-ring (bicyclic) bond motifs is 1. The van der Waals surface area contributed by atoms with Gasteiger partial charge < -0.3 is 15.4 Å². The summed E-state index contributed by atoms with van der Waals surface area (Å²) in [5.41, 5.74) is 13.9. The molecule has 0 aliphatic carbocycles. The van der Waals surface area contributed by atoms with Gasteiger partial charge in [-0.05, 0) is 52.9 Å². The lowest BCUT2D eigenvalue weighted by Gasteiger charge is -2.29. The number of nitrogen functional groups attached to an aromatic ring is 1. The summed E-state index contributed by atoms with van der Waals surface area (Å²) in [5.74, 6) is 0.564. The maximum absolute atomic E-state index is 6.98. The van der Waals surface area contributed by atoms with Gasteiger partial charge in [-0.15, -0.1) is 24.0 Å². The third-order valence-electron chi connectivity index (χ3n) is 6.13. The van der Waals surface area contributed by atoms with Crippen LogP contribution < -0.4 is 10.6 Å². The number of hydrogen-bond donors (Lipinski definition) is 1. The molecule has 1 unspecified atom stereocenters. The molecule has 1 aromatic heterocycles. The predicted octanol–water partition coefficient (Wildman–Crippen LogP) is 6.38. The van der Waals surface area contributed by atoms with E-state index in [4.69, 9.17) is 22.1 Å². The Morgan fingerprint density at radius 3 is 2.48 bits per heavy atom. The third-order valence-corrected chi connectivity index (χ3v) is 6.62. The van der Waals surface area contributed by atoms with E-state index in [0.717, 1.165) is 46.4 Å². The number of alkyl halides is 1. The third kappa shape index (κ3) is 4.65. The summed E-state index contributed by atoms with van der Waals surface area (Å²) in [7, 11) is 0. The molecule has 1 saturated heterocycles. The molecule has 5 rings (SSSR count). The van der Waals surface area contributed by atoms with E-state index in [1.54, 1.807) is 0 Å². The molecular weight excluding hydrogens is 453 g/mol. The average Bonchev–Trinajstić information content (AvgIpc) is 2.84. The number of morpholine rings is 1. The van der Waals surface area contributed by atoms with Gasteiger partial charge >= 0.3 is 0 Å². The van der Waals surface area contributed by atoms with Gasteiger partial charge in [0.15, 0.2) is 0 Å². The number of aryl methyl sites for hydroxylation is 1. The lowest BCUT2D eigenvalue weighted by atomic mass is 9.90. The van der Waals surface area contributed by atoms with E-state index in [1.165, 1.54) is 11.1 Å². The monoisotopic (exact) mass is 479 g/mol. The second-order valence-electron chi connectivity index (χ2n) is 8.21. The molecule has 1 fully saturated rings. The fourth-order valence-electron chi connectivity index (χ4n) is 4.49. The van der Waals surface area contributed by atoms with Crippen LogP contribution in [0.25, 0.3) is 22.0 Å². The molecule has 4 aromatic rings. The van der Waals surface area contributed by atoms with Gasteiger partial charge in [0.1, 0.15) is 5.82 Å². The molecule has 2 N–H and O–H groups in total. The topological polar surface area (TPSA) is 51.4 Å². The van der Waals surface area contributed by atoms with Crippen LogP contribution in [0.2, 0.25) is 0 Å². The second-order valence-corrected chi connectivity index (χ2v) is 8.65. The number of nitrogens with two attached hydrogens (primary N) is 1. The molecule has 0 radical (unpaired) electrons. The molecule has 3 aromatic carbocycles. The summed E-state index contributed by atoms with van der Waals surface area (Å²) in [6.07, 6.45) is 0. The fraction of sp³-hybridized carbons (Fsp3) is 0.222. The minimum Gasteiger partial charge on any atom is -0.382 e. The molecule has 1 aliphatic rings. The summed E-state index contributed by atoms with van der Waals surface area (Å²) in [6.45, 7) is 5.20. The molecule has 0 bridgehead atoms. The molecule has 6 heteroatoms. The maximum atomic E-state index is 6.98. The maximum Gasteiger partial charge on any atom is 0.147 e. The Balaban J connectivity index is 0.00000259. The highest BCUT2D eigenvalue weighted by molar-refractivity contribution is 6.23. The highest BCUT2D eigenvalue weighted by atomic mass is 35.5. The van der Waals surface area contributed by atoms with Crippen LogP contribution in [0.15, 0.2) is 72.8 Å². The van der Waals surface area contributed by atoms with Gasteiger partial charge in [-0.25, -0.2) is 4.98 Å². The van der Waals surface area contributed by atoms with Crippen LogP contribution in [-0.2, 0) is 4.74 Å². The Labute approximate surface area is 205 Å². The number of aromatic nitrogens is 1. The van der Waals surface area contributed by atoms with Crippen molar-refractivity contribution >= 4 is 46.4 Å². The molecule has 0 saturated carbocycles. The van der Waals surface area contributed by atoms with Gasteiger partial charge in [-0.2, -0.15) is 0 Å². The lowest BCUT2D eigenvalue weighted by Crippen LogP contribution is -2.36. The molecule has 170 valence electrons. The Kier molecular flexibility index (Phi) is 7.08. The fourth-order valence-corrected chi connectivity index (χ4v) is 4.82. The molecule has 4 nitrogen and oxygen atoms in total. The normalized spacial score (nSPS) is 14.7. The van der Waals surface area contributed by atoms with Crippen LogP contribution in [0.3, 0.4) is 0 Å². The number of ether oxygens (including phenoxy) is 1. The standard InChI is InChI=1S/C27H26ClN3O.ClH/c1-18-6-5-9-22(26(28)19-7-3-2-4-8-19)25(18)20-10-11-23-21(16-20)17-24(27(29)30-23)31-12-14-32-15-13-31;/h2-11,16-17,26H,12-15H2,1H3,(H2,29,30);1H. The van der Waals surface area contributed by atoms with E-state index in [0.29, 0.717) is 19.0 Å². The smallest absolute Gasteiger partial charge is 0.147 e. The average molecular weight is 480 g/mol. The van der Waals surface area contributed by atoms with Crippen molar-refractivity contribution in [3.8, 4) is 11.1 Å². The SMILES string of the molecule is Cc1cccc(C(Cl)c2ccccc2)c1-c1ccc2nc(N)c(N3CCOCC3)cc2c1.Cl. The van der Waals surface area contributed by atoms with Crippen LogP contribution in [0.5, 0.6) is 0 Å². The van der Waals surface area contributed by atoms with Crippen molar-refractivity contribution in [3.63, 3.8) is 0 Å². The predicted molar refractivity (Wildman–Crippen MR) is 141 cm³/mol. The van der Waals surface area contributed by atoms with Crippen molar-refractivity contribution in [2.24, 2.45) is 0 Å². The molecule has 2 heterocycles. The second kappa shape index (κ2) is 10.0. The molecule has 0 amide bonds. The van der Waals surface area contributed by atoms with Crippen molar-refractivity contribution in [1.82, 2.24) is 4.98 Å². The molecule has 33 heavy (non-hydrogen) atoms. The number of nitrogens with zero attached hydrogens (tertiary/aromatic N) is 2. The zero-order valence-electron chi connectivity index (χ0n) is 18.5. The summed E-state index contributed by atoms with van der Waals surface area (Å²) in [5, 5.41) is 0.841. The lowest BCUT2D eigenvalue weighted by molar-refractivity contribution is 0.123. The van der Waals surface area contributed by atoms with E-state index in [-0.39, 0.29) is 17.8 Å². The Bertz CT molecular complexity index is 1260. The van der Waals surface area contributed by atoms with Gasteiger partial charge in [0, 0.05) is 18.5 Å². The highest BCUT2D eigenvalue weighted by Gasteiger charge is 2.19. The molecule has 0 spiro atoms. The van der Waals surface area contributed by atoms with Gasteiger partial charge in [0.25, 0.3) is 0 Å². The minimum absolute atomic E-state index is 0. The Morgan fingerprint density at radius 1 is 0.970 bits per heavy atom. The van der Waals surface area contributed by atoms with E-state index < -0.39 is 0 Å². The quantitative estimate of drug-likeness (QED) is 0.345. The van der Waals surface area contributed by atoms with Gasteiger partial charge in [-0.1, -0.05) is 54.6 Å². The molecule has 1 atom stereocenters. The number of benzene rings is 3. The summed E-state index contributed by atoms with van der Waals surface area (Å²) >= 11 is 6.98. The van der Waals surface area contributed by atoms with Crippen LogP contribution in [-0.4, -0.2) is 31.3 Å². The molecular formula is C27H27Cl2N3O. The first kappa shape index (κ1) is 23.4. The Morgan fingerprint density at radius 2 is 1.73 bits per heavy atom. The van der Waals surface area contributed by atoms with Crippen LogP contribution in [0, 0.1) is 6.92 Å². The van der Waals surface area contributed by atoms with Crippen LogP contribution >= 0.6 is 24.0 Å². The summed E-state index contributed by atoms with van der Waals surface area (Å²) < 4.78 is 5.50. The van der Waals surface area contributed by atoms with Crippen molar-refractivity contribution in [2.75, 3.05) is 36.9 Å². The van der Waals surface area contributed by atoms with Crippen molar-refractivity contribution < 1.29 is 4.74 Å². The van der Waals surface area contributed by atoms with E-state index in [9.17, 15) is 0 Å². The first-order valence-electron chi connectivity index (χ1n) is 10.9. The first-order valence-corrected chi connectivity index (χ1v) is 11.4. The number of rotatable bonds is 4. The number of pyridine rings is 1. The zero-order chi connectivity index (χ0) is 22.1. The van der Waals surface area contributed by atoms with Gasteiger partial charge in [0.05, 0.1) is 29.8 Å². The number of hydrogen-bond acceptors (Lipinski definition) is 4. The first-order chi connectivity index (χ1) is 15.6. The van der Waals surface area contributed by atoms with Crippen LogP contribution in [0.1, 0.15) is 22.1 Å².